The molecule has 0 spiro atoms. The van der Waals surface area contributed by atoms with Gasteiger partial charge < -0.3 is 4.90 Å². The van der Waals surface area contributed by atoms with Gasteiger partial charge in [-0.1, -0.05) is 58.0 Å². The van der Waals surface area contributed by atoms with Crippen LogP contribution in [0.2, 0.25) is 0 Å². The average Bonchev–Trinajstić information content (AvgIpc) is 2.75. The van der Waals surface area contributed by atoms with Crippen LogP contribution >= 0.6 is 0 Å². The molecule has 0 bridgehead atoms. The predicted molar refractivity (Wildman–Crippen MR) is 86.7 cm³/mol. The second-order valence-electron chi connectivity index (χ2n) is 6.89. The van der Waals surface area contributed by atoms with Gasteiger partial charge >= 0.3 is 0 Å². The average molecular weight is 288 g/mol. The summed E-state index contributed by atoms with van der Waals surface area (Å²) in [7, 11) is 0. The van der Waals surface area contributed by atoms with E-state index in [2.05, 4.69) is 44.8 Å². The van der Waals surface area contributed by atoms with Crippen molar-refractivity contribution in [3.8, 4) is 0 Å². The summed E-state index contributed by atoms with van der Waals surface area (Å²) >= 11 is 0. The first-order valence-electron chi connectivity index (χ1n) is 8.05. The molecule has 3 nitrogen and oxygen atoms in total. The molecule has 1 saturated heterocycles. The molecule has 0 aromatic heterocycles. The molecule has 1 aliphatic heterocycles. The fourth-order valence-electron chi connectivity index (χ4n) is 2.96. The van der Waals surface area contributed by atoms with Gasteiger partial charge in [0.05, 0.1) is 6.17 Å². The third kappa shape index (κ3) is 3.46. The summed E-state index contributed by atoms with van der Waals surface area (Å²) in [5.74, 6) is 1.24. The molecule has 1 aliphatic rings. The number of amides is 1. The summed E-state index contributed by atoms with van der Waals surface area (Å²) in [5, 5.41) is 3.55. The molecule has 1 heterocycles. The Balaban J connectivity index is 2.26. The standard InChI is InChI=1S/C18H28N2O/c1-12(2)11-16-19-17(15-9-7-6-8-10-15)18(21)20(16)14(5)13(3)4/h6-10,12-14,16-17,19H,11H2,1-5H3. The number of hydrogen-bond acceptors (Lipinski definition) is 2. The molecule has 0 aliphatic carbocycles. The van der Waals surface area contributed by atoms with E-state index in [0.717, 1.165) is 12.0 Å². The Morgan fingerprint density at radius 1 is 1.10 bits per heavy atom. The second kappa shape index (κ2) is 6.61. The molecular weight excluding hydrogens is 260 g/mol. The summed E-state index contributed by atoms with van der Waals surface area (Å²) < 4.78 is 0. The van der Waals surface area contributed by atoms with E-state index < -0.39 is 0 Å². The van der Waals surface area contributed by atoms with E-state index >= 15 is 0 Å². The van der Waals surface area contributed by atoms with E-state index in [-0.39, 0.29) is 24.2 Å². The highest BCUT2D eigenvalue weighted by molar-refractivity contribution is 5.86. The molecule has 1 fully saturated rings. The van der Waals surface area contributed by atoms with Crippen LogP contribution in [-0.4, -0.2) is 23.0 Å². The van der Waals surface area contributed by atoms with Crippen molar-refractivity contribution in [1.82, 2.24) is 10.2 Å². The van der Waals surface area contributed by atoms with Crippen LogP contribution in [0.15, 0.2) is 30.3 Å². The van der Waals surface area contributed by atoms with Gasteiger partial charge in [-0.2, -0.15) is 0 Å². The topological polar surface area (TPSA) is 32.3 Å². The first-order valence-corrected chi connectivity index (χ1v) is 8.05. The van der Waals surface area contributed by atoms with E-state index in [1.165, 1.54) is 0 Å². The first-order chi connectivity index (χ1) is 9.91. The van der Waals surface area contributed by atoms with Gasteiger partial charge in [-0.15, -0.1) is 0 Å². The van der Waals surface area contributed by atoms with Crippen LogP contribution in [0.25, 0.3) is 0 Å². The minimum Gasteiger partial charge on any atom is -0.323 e. The minimum atomic E-state index is -0.198. The summed E-state index contributed by atoms with van der Waals surface area (Å²) in [6.45, 7) is 10.9. The Hall–Kier alpha value is -1.35. The molecule has 3 unspecified atom stereocenters. The number of nitrogens with one attached hydrogen (secondary N) is 1. The normalized spacial score (nSPS) is 24.1. The van der Waals surface area contributed by atoms with Crippen molar-refractivity contribution in [2.75, 3.05) is 0 Å². The van der Waals surface area contributed by atoms with Crippen LogP contribution in [0, 0.1) is 11.8 Å². The van der Waals surface area contributed by atoms with Crippen molar-refractivity contribution in [3.05, 3.63) is 35.9 Å². The van der Waals surface area contributed by atoms with Crippen LogP contribution in [0.1, 0.15) is 52.6 Å². The van der Waals surface area contributed by atoms with E-state index in [9.17, 15) is 4.79 Å². The quantitative estimate of drug-likeness (QED) is 0.898. The maximum atomic E-state index is 12.9. The van der Waals surface area contributed by atoms with Gasteiger partial charge in [0.2, 0.25) is 5.91 Å². The van der Waals surface area contributed by atoms with Crippen molar-refractivity contribution in [2.24, 2.45) is 11.8 Å². The predicted octanol–water partition coefficient (Wildman–Crippen LogP) is 3.58. The lowest BCUT2D eigenvalue weighted by Crippen LogP contribution is -2.46. The van der Waals surface area contributed by atoms with Crippen molar-refractivity contribution >= 4 is 5.91 Å². The third-order valence-electron chi connectivity index (χ3n) is 4.43. The van der Waals surface area contributed by atoms with Crippen molar-refractivity contribution in [3.63, 3.8) is 0 Å². The van der Waals surface area contributed by atoms with Crippen LogP contribution in [0.4, 0.5) is 0 Å². The third-order valence-corrected chi connectivity index (χ3v) is 4.43. The van der Waals surface area contributed by atoms with E-state index in [4.69, 9.17) is 0 Å². The molecule has 3 heteroatoms. The highest BCUT2D eigenvalue weighted by Gasteiger charge is 2.42. The van der Waals surface area contributed by atoms with Gasteiger partial charge in [0.15, 0.2) is 0 Å². The Morgan fingerprint density at radius 3 is 2.24 bits per heavy atom. The van der Waals surface area contributed by atoms with Gasteiger partial charge in [0, 0.05) is 6.04 Å². The molecular formula is C18H28N2O. The lowest BCUT2D eigenvalue weighted by atomic mass is 10.0. The Morgan fingerprint density at radius 2 is 1.71 bits per heavy atom. The number of benzene rings is 1. The van der Waals surface area contributed by atoms with Gasteiger partial charge in [-0.05, 0) is 30.7 Å². The summed E-state index contributed by atoms with van der Waals surface area (Å²) in [6, 6.07) is 10.1. The zero-order valence-electron chi connectivity index (χ0n) is 13.8. The highest BCUT2D eigenvalue weighted by atomic mass is 16.2. The second-order valence-corrected chi connectivity index (χ2v) is 6.89. The van der Waals surface area contributed by atoms with Crippen LogP contribution in [0.5, 0.6) is 0 Å². The Bertz CT molecular complexity index is 469. The van der Waals surface area contributed by atoms with E-state index in [1.54, 1.807) is 0 Å². The number of hydrogen-bond donors (Lipinski definition) is 1. The smallest absolute Gasteiger partial charge is 0.245 e. The first kappa shape index (κ1) is 16.0. The number of rotatable bonds is 5. The molecule has 2 rings (SSSR count). The monoisotopic (exact) mass is 288 g/mol. The zero-order valence-corrected chi connectivity index (χ0v) is 13.8. The number of nitrogens with zero attached hydrogens (tertiary/aromatic N) is 1. The molecule has 0 radical (unpaired) electrons. The lowest BCUT2D eigenvalue weighted by Gasteiger charge is -2.33. The van der Waals surface area contributed by atoms with Crippen molar-refractivity contribution in [2.45, 2.75) is 59.3 Å². The minimum absolute atomic E-state index is 0.139. The molecule has 1 amide bonds. The van der Waals surface area contributed by atoms with Gasteiger partial charge in [0.25, 0.3) is 0 Å². The molecule has 1 N–H and O–H groups in total. The van der Waals surface area contributed by atoms with Crippen LogP contribution in [-0.2, 0) is 4.79 Å². The summed E-state index contributed by atoms with van der Waals surface area (Å²) in [5.41, 5.74) is 1.06. The fraction of sp³-hybridized carbons (Fsp3) is 0.611. The van der Waals surface area contributed by atoms with Gasteiger partial charge in [-0.3, -0.25) is 10.1 Å². The lowest BCUT2D eigenvalue weighted by molar-refractivity contribution is -0.133. The van der Waals surface area contributed by atoms with Gasteiger partial charge in [-0.25, -0.2) is 0 Å². The molecule has 0 saturated carbocycles. The van der Waals surface area contributed by atoms with Crippen molar-refractivity contribution in [1.29, 1.82) is 0 Å². The molecule has 21 heavy (non-hydrogen) atoms. The van der Waals surface area contributed by atoms with Gasteiger partial charge in [0.1, 0.15) is 6.04 Å². The van der Waals surface area contributed by atoms with E-state index in [0.29, 0.717) is 11.8 Å². The van der Waals surface area contributed by atoms with Crippen LogP contribution in [0.3, 0.4) is 0 Å². The SMILES string of the molecule is CC(C)CC1NC(c2ccccc2)C(=O)N1C(C)C(C)C. The maximum Gasteiger partial charge on any atom is 0.245 e. The summed E-state index contributed by atoms with van der Waals surface area (Å²) in [4.78, 5) is 15.0. The molecule has 3 atom stereocenters. The largest absolute Gasteiger partial charge is 0.323 e. The molecule has 116 valence electrons. The molecule has 1 aromatic carbocycles. The van der Waals surface area contributed by atoms with Crippen molar-refractivity contribution < 1.29 is 4.79 Å². The molecule has 1 aromatic rings. The Labute approximate surface area is 128 Å². The fourth-order valence-corrected chi connectivity index (χ4v) is 2.96. The maximum absolute atomic E-state index is 12.9. The zero-order chi connectivity index (χ0) is 15.6. The van der Waals surface area contributed by atoms with E-state index in [1.807, 2.05) is 30.3 Å². The summed E-state index contributed by atoms with van der Waals surface area (Å²) in [6.07, 6.45) is 1.13. The van der Waals surface area contributed by atoms with Crippen LogP contribution < -0.4 is 5.32 Å². The number of carbonyl (C=O) groups is 1. The Kier molecular flexibility index (Phi) is 5.04. The number of carbonyl (C=O) groups excluding carboxylic acids is 1. The highest BCUT2D eigenvalue weighted by Crippen LogP contribution is 2.30.